The summed E-state index contributed by atoms with van der Waals surface area (Å²) in [7, 11) is -0.109. The van der Waals surface area contributed by atoms with E-state index >= 15 is 0 Å². The first-order valence-corrected chi connectivity index (χ1v) is 13.5. The molecule has 33 heavy (non-hydrogen) atoms. The third-order valence-electron chi connectivity index (χ3n) is 5.77. The number of nitrogens with two attached hydrogens (primary N) is 1. The van der Waals surface area contributed by atoms with E-state index in [1.807, 2.05) is 25.1 Å². The molecule has 0 heterocycles. The van der Waals surface area contributed by atoms with Crippen LogP contribution in [0.25, 0.3) is 0 Å². The third-order valence-corrected chi connectivity index (χ3v) is 7.20. The summed E-state index contributed by atoms with van der Waals surface area (Å²) >= 11 is 0. The van der Waals surface area contributed by atoms with E-state index in [1.165, 1.54) is 0 Å². The number of nitrogens with one attached hydrogen (secondary N) is 1. The van der Waals surface area contributed by atoms with E-state index in [2.05, 4.69) is 18.6 Å². The number of unbranched alkanes of at least 4 members (excludes halogenated alkanes) is 1. The Balaban J connectivity index is 2.75. The fourth-order valence-corrected chi connectivity index (χ4v) is 4.75. The maximum absolute atomic E-state index is 12.0. The van der Waals surface area contributed by atoms with Gasteiger partial charge in [0.1, 0.15) is 0 Å². The quantitative estimate of drug-likeness (QED) is 0.272. The van der Waals surface area contributed by atoms with Gasteiger partial charge in [0.25, 0.3) is 0 Å². The molecule has 0 saturated carbocycles. The second-order valence-electron chi connectivity index (χ2n) is 8.88. The lowest BCUT2D eigenvalue weighted by Gasteiger charge is -2.27. The van der Waals surface area contributed by atoms with Crippen LogP contribution in [-0.4, -0.2) is 65.4 Å². The number of methoxy groups -OCH3 is 2. The van der Waals surface area contributed by atoms with Gasteiger partial charge >= 0.3 is 0 Å². The van der Waals surface area contributed by atoms with Crippen molar-refractivity contribution in [1.82, 2.24) is 4.72 Å². The van der Waals surface area contributed by atoms with Gasteiger partial charge in [0, 0.05) is 32.7 Å². The molecule has 0 bridgehead atoms. The first-order valence-electron chi connectivity index (χ1n) is 11.8. The smallest absolute Gasteiger partial charge is 0.211 e. The van der Waals surface area contributed by atoms with Gasteiger partial charge in [0.2, 0.25) is 10.0 Å². The normalized spacial score (nSPS) is 14.8. The molecule has 0 saturated heterocycles. The van der Waals surface area contributed by atoms with Crippen molar-refractivity contribution in [1.29, 1.82) is 0 Å². The van der Waals surface area contributed by atoms with Crippen molar-refractivity contribution >= 4 is 10.0 Å². The Labute approximate surface area is 200 Å². The highest BCUT2D eigenvalue weighted by atomic mass is 32.2. The number of rotatable bonds is 18. The maximum atomic E-state index is 12.0. The molecule has 192 valence electrons. The average molecular weight is 489 g/mol. The lowest BCUT2D eigenvalue weighted by Crippen LogP contribution is -2.45. The van der Waals surface area contributed by atoms with Crippen LogP contribution in [-0.2, 0) is 21.2 Å². The highest BCUT2D eigenvalue weighted by Crippen LogP contribution is 2.31. The van der Waals surface area contributed by atoms with Gasteiger partial charge in [-0.1, -0.05) is 33.3 Å². The summed E-state index contributed by atoms with van der Waals surface area (Å²) in [5.74, 6) is 1.98. The Morgan fingerprint density at radius 1 is 1.12 bits per heavy atom. The van der Waals surface area contributed by atoms with Gasteiger partial charge in [-0.3, -0.25) is 0 Å². The number of aliphatic hydroxyl groups excluding tert-OH is 1. The standard InChI is InChI=1S/C24H44N2O6S/c1-6-7-13-33(28,29)26-17-22(27)21(25)16-20(18(2)3)14-19-9-10-23(31-5)24(15-19)32-12-8-11-30-4/h9-10,15,18,20-22,26-27H,6-8,11-14,16-17,25H2,1-5H3. The molecule has 1 rings (SSSR count). The summed E-state index contributed by atoms with van der Waals surface area (Å²) in [6.45, 7) is 7.29. The molecule has 4 N–H and O–H groups in total. The molecule has 0 radical (unpaired) electrons. The van der Waals surface area contributed by atoms with Crippen molar-refractivity contribution in [2.24, 2.45) is 17.6 Å². The Hall–Kier alpha value is -1.39. The minimum absolute atomic E-state index is 0.0629. The van der Waals surface area contributed by atoms with Crippen molar-refractivity contribution < 1.29 is 27.7 Å². The maximum Gasteiger partial charge on any atom is 0.211 e. The van der Waals surface area contributed by atoms with Crippen LogP contribution < -0.4 is 19.9 Å². The van der Waals surface area contributed by atoms with E-state index in [9.17, 15) is 13.5 Å². The van der Waals surface area contributed by atoms with E-state index in [1.54, 1.807) is 14.2 Å². The molecule has 8 nitrogen and oxygen atoms in total. The number of sulfonamides is 1. The molecular formula is C24H44N2O6S. The first-order chi connectivity index (χ1) is 15.6. The SMILES string of the molecule is CCCCS(=O)(=O)NCC(O)C(N)CC(Cc1ccc(OC)c(OCCCOC)c1)C(C)C. The van der Waals surface area contributed by atoms with Crippen LogP contribution in [0, 0.1) is 11.8 Å². The van der Waals surface area contributed by atoms with Crippen molar-refractivity contribution in [2.75, 3.05) is 39.7 Å². The van der Waals surface area contributed by atoms with Crippen LogP contribution in [0.2, 0.25) is 0 Å². The summed E-state index contributed by atoms with van der Waals surface area (Å²) in [6, 6.07) is 5.37. The van der Waals surface area contributed by atoms with E-state index in [-0.39, 0.29) is 18.2 Å². The van der Waals surface area contributed by atoms with Crippen LogP contribution in [0.4, 0.5) is 0 Å². The van der Waals surface area contributed by atoms with E-state index < -0.39 is 22.2 Å². The molecule has 0 aromatic heterocycles. The van der Waals surface area contributed by atoms with Crippen LogP contribution in [0.3, 0.4) is 0 Å². The number of hydrogen-bond acceptors (Lipinski definition) is 7. The largest absolute Gasteiger partial charge is 0.493 e. The van der Waals surface area contributed by atoms with Crippen LogP contribution in [0.15, 0.2) is 18.2 Å². The number of hydrogen-bond donors (Lipinski definition) is 3. The topological polar surface area (TPSA) is 120 Å². The zero-order valence-electron chi connectivity index (χ0n) is 20.9. The predicted octanol–water partition coefficient (Wildman–Crippen LogP) is 2.72. The van der Waals surface area contributed by atoms with Gasteiger partial charge in [0.15, 0.2) is 11.5 Å². The number of benzene rings is 1. The Kier molecular flexibility index (Phi) is 13.9. The summed E-state index contributed by atoms with van der Waals surface area (Å²) in [4.78, 5) is 0. The molecule has 0 aliphatic rings. The highest BCUT2D eigenvalue weighted by Gasteiger charge is 2.24. The van der Waals surface area contributed by atoms with Crippen LogP contribution in [0.5, 0.6) is 11.5 Å². The molecule has 1 aromatic rings. The minimum atomic E-state index is -3.39. The average Bonchev–Trinajstić information content (AvgIpc) is 2.78. The lowest BCUT2D eigenvalue weighted by molar-refractivity contribution is 0.129. The first kappa shape index (κ1) is 29.6. The summed E-state index contributed by atoms with van der Waals surface area (Å²) in [5, 5.41) is 10.5. The Morgan fingerprint density at radius 2 is 1.85 bits per heavy atom. The molecule has 3 unspecified atom stereocenters. The summed E-state index contributed by atoms with van der Waals surface area (Å²) in [5.41, 5.74) is 7.36. The molecule has 9 heteroatoms. The predicted molar refractivity (Wildman–Crippen MR) is 132 cm³/mol. The fourth-order valence-electron chi connectivity index (χ4n) is 3.52. The zero-order chi connectivity index (χ0) is 24.9. The second kappa shape index (κ2) is 15.5. The van der Waals surface area contributed by atoms with Crippen molar-refractivity contribution in [3.63, 3.8) is 0 Å². The van der Waals surface area contributed by atoms with Crippen molar-refractivity contribution in [2.45, 2.75) is 65.0 Å². The number of aliphatic hydroxyl groups is 1. The van der Waals surface area contributed by atoms with Crippen LogP contribution >= 0.6 is 0 Å². The van der Waals surface area contributed by atoms with Gasteiger partial charge in [-0.15, -0.1) is 0 Å². The van der Waals surface area contributed by atoms with Crippen molar-refractivity contribution in [3.05, 3.63) is 23.8 Å². The molecule has 1 aromatic carbocycles. The van der Waals surface area contributed by atoms with E-state index in [4.69, 9.17) is 19.9 Å². The second-order valence-corrected chi connectivity index (χ2v) is 10.8. The van der Waals surface area contributed by atoms with Gasteiger partial charge in [-0.25, -0.2) is 13.1 Å². The van der Waals surface area contributed by atoms with Gasteiger partial charge in [-0.05, 0) is 48.8 Å². The minimum Gasteiger partial charge on any atom is -0.493 e. The molecular weight excluding hydrogens is 444 g/mol. The zero-order valence-corrected chi connectivity index (χ0v) is 21.7. The van der Waals surface area contributed by atoms with Gasteiger partial charge in [-0.2, -0.15) is 0 Å². The van der Waals surface area contributed by atoms with E-state index in [0.717, 1.165) is 24.8 Å². The molecule has 0 aliphatic heterocycles. The highest BCUT2D eigenvalue weighted by molar-refractivity contribution is 7.89. The molecule has 3 atom stereocenters. The van der Waals surface area contributed by atoms with Gasteiger partial charge in [0.05, 0.1) is 25.6 Å². The van der Waals surface area contributed by atoms with E-state index in [0.29, 0.717) is 43.5 Å². The van der Waals surface area contributed by atoms with Crippen LogP contribution in [0.1, 0.15) is 52.0 Å². The van der Waals surface area contributed by atoms with Gasteiger partial charge < -0.3 is 25.1 Å². The molecule has 0 spiro atoms. The summed E-state index contributed by atoms with van der Waals surface area (Å²) < 4.78 is 42.8. The summed E-state index contributed by atoms with van der Waals surface area (Å²) in [6.07, 6.45) is 2.56. The monoisotopic (exact) mass is 488 g/mol. The number of ether oxygens (including phenoxy) is 3. The lowest BCUT2D eigenvalue weighted by atomic mass is 9.83. The molecule has 0 aliphatic carbocycles. The molecule has 0 fully saturated rings. The van der Waals surface area contributed by atoms with Crippen molar-refractivity contribution in [3.8, 4) is 11.5 Å². The fraction of sp³-hybridized carbons (Fsp3) is 0.750. The third kappa shape index (κ3) is 11.5. The Bertz CT molecular complexity index is 772. The molecule has 0 amide bonds. The Morgan fingerprint density at radius 3 is 2.45 bits per heavy atom.